The Morgan fingerprint density at radius 3 is 3.00 bits per heavy atom. The van der Waals surface area contributed by atoms with Gasteiger partial charge in [-0.25, -0.2) is 0 Å². The lowest BCUT2D eigenvalue weighted by atomic mass is 9.87. The molecule has 2 nitrogen and oxygen atoms in total. The van der Waals surface area contributed by atoms with E-state index in [1.807, 2.05) is 7.05 Å². The van der Waals surface area contributed by atoms with Crippen molar-refractivity contribution in [2.75, 3.05) is 32.1 Å². The maximum absolute atomic E-state index is 3.24. The molecule has 1 unspecified atom stereocenters. The fraction of sp³-hybridized carbons (Fsp3) is 0.538. The van der Waals surface area contributed by atoms with Crippen LogP contribution in [0.4, 0.5) is 5.69 Å². The number of hydrogen-bond donors (Lipinski definition) is 1. The molecule has 15 heavy (non-hydrogen) atoms. The fourth-order valence-corrected chi connectivity index (χ4v) is 2.42. The first-order chi connectivity index (χ1) is 7.33. The summed E-state index contributed by atoms with van der Waals surface area (Å²) in [7, 11) is 4.22. The van der Waals surface area contributed by atoms with Gasteiger partial charge in [0, 0.05) is 19.3 Å². The van der Waals surface area contributed by atoms with Crippen LogP contribution in [-0.4, -0.2) is 27.2 Å². The molecule has 0 saturated heterocycles. The summed E-state index contributed by atoms with van der Waals surface area (Å²) in [5.41, 5.74) is 2.95. The van der Waals surface area contributed by atoms with Gasteiger partial charge < -0.3 is 10.2 Å². The molecule has 1 aliphatic rings. The molecule has 2 rings (SSSR count). The lowest BCUT2D eigenvalue weighted by molar-refractivity contribution is 0.539. The van der Waals surface area contributed by atoms with Crippen molar-refractivity contribution in [2.24, 2.45) is 0 Å². The molecular formula is C13H20N2. The summed E-state index contributed by atoms with van der Waals surface area (Å²) in [5.74, 6) is 0.741. The standard InChI is InChI=1S/C13H20N2/c1-14-9-7-11-8-10-15(2)13-6-4-3-5-12(11)13/h3-6,11,14H,7-10H2,1-2H3. The van der Waals surface area contributed by atoms with Crippen molar-refractivity contribution in [3.63, 3.8) is 0 Å². The Morgan fingerprint density at radius 2 is 2.20 bits per heavy atom. The third kappa shape index (κ3) is 2.15. The van der Waals surface area contributed by atoms with Crippen LogP contribution >= 0.6 is 0 Å². The first-order valence-corrected chi connectivity index (χ1v) is 5.77. The Morgan fingerprint density at radius 1 is 1.40 bits per heavy atom. The van der Waals surface area contributed by atoms with E-state index in [0.29, 0.717) is 0 Å². The summed E-state index contributed by atoms with van der Waals surface area (Å²) in [6, 6.07) is 8.81. The molecule has 1 atom stereocenters. The van der Waals surface area contributed by atoms with Gasteiger partial charge in [0.25, 0.3) is 0 Å². The number of rotatable bonds is 3. The number of benzene rings is 1. The molecule has 1 N–H and O–H groups in total. The highest BCUT2D eigenvalue weighted by molar-refractivity contribution is 5.56. The van der Waals surface area contributed by atoms with E-state index >= 15 is 0 Å². The smallest absolute Gasteiger partial charge is 0.0399 e. The average molecular weight is 204 g/mol. The van der Waals surface area contributed by atoms with Crippen LogP contribution in [0.25, 0.3) is 0 Å². The number of hydrogen-bond acceptors (Lipinski definition) is 2. The molecular weight excluding hydrogens is 184 g/mol. The minimum Gasteiger partial charge on any atom is -0.374 e. The zero-order valence-corrected chi connectivity index (χ0v) is 9.66. The van der Waals surface area contributed by atoms with Crippen molar-refractivity contribution < 1.29 is 0 Å². The van der Waals surface area contributed by atoms with Gasteiger partial charge in [0.2, 0.25) is 0 Å². The summed E-state index contributed by atoms with van der Waals surface area (Å²) in [6.07, 6.45) is 2.54. The van der Waals surface area contributed by atoms with Gasteiger partial charge in [-0.05, 0) is 44.0 Å². The van der Waals surface area contributed by atoms with Crippen molar-refractivity contribution >= 4 is 5.69 Å². The Hall–Kier alpha value is -1.02. The number of nitrogens with zero attached hydrogens (tertiary/aromatic N) is 1. The van der Waals surface area contributed by atoms with Gasteiger partial charge in [-0.3, -0.25) is 0 Å². The summed E-state index contributed by atoms with van der Waals surface area (Å²) >= 11 is 0. The molecule has 0 amide bonds. The number of anilines is 1. The van der Waals surface area contributed by atoms with Crippen molar-refractivity contribution in [1.82, 2.24) is 5.32 Å². The number of para-hydroxylation sites is 1. The Balaban J connectivity index is 2.20. The third-order valence-corrected chi connectivity index (χ3v) is 3.34. The molecule has 0 aliphatic carbocycles. The molecule has 0 bridgehead atoms. The second-order valence-electron chi connectivity index (χ2n) is 4.36. The van der Waals surface area contributed by atoms with E-state index in [1.54, 1.807) is 0 Å². The quantitative estimate of drug-likeness (QED) is 0.812. The fourth-order valence-electron chi connectivity index (χ4n) is 2.42. The molecule has 0 saturated carbocycles. The van der Waals surface area contributed by atoms with E-state index in [4.69, 9.17) is 0 Å². The average Bonchev–Trinajstić information content (AvgIpc) is 2.29. The molecule has 0 radical (unpaired) electrons. The van der Waals surface area contributed by atoms with Crippen LogP contribution in [0.15, 0.2) is 24.3 Å². The SMILES string of the molecule is CNCCC1CCN(C)c2ccccc21. The minimum atomic E-state index is 0.741. The van der Waals surface area contributed by atoms with Crippen LogP contribution in [0.5, 0.6) is 0 Å². The Kier molecular flexibility index (Phi) is 3.27. The summed E-state index contributed by atoms with van der Waals surface area (Å²) < 4.78 is 0. The summed E-state index contributed by atoms with van der Waals surface area (Å²) in [5, 5.41) is 3.24. The molecule has 0 fully saturated rings. The second-order valence-corrected chi connectivity index (χ2v) is 4.36. The first kappa shape index (κ1) is 10.5. The maximum Gasteiger partial charge on any atom is 0.0399 e. The molecule has 1 heterocycles. The predicted molar refractivity (Wildman–Crippen MR) is 65.6 cm³/mol. The molecule has 1 aromatic carbocycles. The van der Waals surface area contributed by atoms with Gasteiger partial charge in [0.05, 0.1) is 0 Å². The van der Waals surface area contributed by atoms with E-state index in [-0.39, 0.29) is 0 Å². The van der Waals surface area contributed by atoms with Crippen molar-refractivity contribution in [2.45, 2.75) is 18.8 Å². The zero-order valence-electron chi connectivity index (χ0n) is 9.66. The van der Waals surface area contributed by atoms with Crippen molar-refractivity contribution in [3.8, 4) is 0 Å². The first-order valence-electron chi connectivity index (χ1n) is 5.77. The molecule has 1 aliphatic heterocycles. The van der Waals surface area contributed by atoms with E-state index in [9.17, 15) is 0 Å². The van der Waals surface area contributed by atoms with Crippen LogP contribution in [0, 0.1) is 0 Å². The van der Waals surface area contributed by atoms with Crippen LogP contribution < -0.4 is 10.2 Å². The van der Waals surface area contributed by atoms with Crippen LogP contribution in [0.3, 0.4) is 0 Å². The summed E-state index contributed by atoms with van der Waals surface area (Å²) in [6.45, 7) is 2.30. The van der Waals surface area contributed by atoms with Gasteiger partial charge in [-0.15, -0.1) is 0 Å². The third-order valence-electron chi connectivity index (χ3n) is 3.34. The Labute approximate surface area is 92.3 Å². The molecule has 82 valence electrons. The largest absolute Gasteiger partial charge is 0.374 e. The highest BCUT2D eigenvalue weighted by Gasteiger charge is 2.21. The lowest BCUT2D eigenvalue weighted by Gasteiger charge is -2.33. The lowest BCUT2D eigenvalue weighted by Crippen LogP contribution is -2.28. The van der Waals surface area contributed by atoms with E-state index in [2.05, 4.69) is 41.5 Å². The molecule has 0 aromatic heterocycles. The van der Waals surface area contributed by atoms with Gasteiger partial charge in [0.1, 0.15) is 0 Å². The Bertz CT molecular complexity index is 322. The number of fused-ring (bicyclic) bond motifs is 1. The highest BCUT2D eigenvalue weighted by atomic mass is 15.1. The van der Waals surface area contributed by atoms with Gasteiger partial charge in [-0.2, -0.15) is 0 Å². The van der Waals surface area contributed by atoms with E-state index in [1.165, 1.54) is 30.6 Å². The maximum atomic E-state index is 3.24. The zero-order chi connectivity index (χ0) is 10.7. The van der Waals surface area contributed by atoms with E-state index < -0.39 is 0 Å². The predicted octanol–water partition coefficient (Wildman–Crippen LogP) is 2.22. The highest BCUT2D eigenvalue weighted by Crippen LogP contribution is 2.35. The molecule has 1 aromatic rings. The topological polar surface area (TPSA) is 15.3 Å². The van der Waals surface area contributed by atoms with Gasteiger partial charge in [-0.1, -0.05) is 18.2 Å². The van der Waals surface area contributed by atoms with Gasteiger partial charge in [0.15, 0.2) is 0 Å². The van der Waals surface area contributed by atoms with Gasteiger partial charge >= 0.3 is 0 Å². The second kappa shape index (κ2) is 4.67. The number of nitrogens with one attached hydrogen (secondary N) is 1. The van der Waals surface area contributed by atoms with Crippen molar-refractivity contribution in [1.29, 1.82) is 0 Å². The van der Waals surface area contributed by atoms with Crippen LogP contribution in [0.2, 0.25) is 0 Å². The molecule has 2 heteroatoms. The monoisotopic (exact) mass is 204 g/mol. The van der Waals surface area contributed by atoms with Crippen LogP contribution in [-0.2, 0) is 0 Å². The normalized spacial score (nSPS) is 20.1. The molecule has 0 spiro atoms. The van der Waals surface area contributed by atoms with Crippen molar-refractivity contribution in [3.05, 3.63) is 29.8 Å². The van der Waals surface area contributed by atoms with E-state index in [0.717, 1.165) is 12.5 Å². The summed E-state index contributed by atoms with van der Waals surface area (Å²) in [4.78, 5) is 2.37. The van der Waals surface area contributed by atoms with Crippen LogP contribution in [0.1, 0.15) is 24.3 Å². The minimum absolute atomic E-state index is 0.741.